The molecular formula is C18H17ClFN5O3S. The molecule has 0 N–H and O–H groups in total. The Labute approximate surface area is 171 Å². The summed E-state index contributed by atoms with van der Waals surface area (Å²) in [7, 11) is -3.77. The number of hydrogen-bond donors (Lipinski definition) is 0. The van der Waals surface area contributed by atoms with Gasteiger partial charge in [0, 0.05) is 31.9 Å². The van der Waals surface area contributed by atoms with E-state index in [9.17, 15) is 12.8 Å². The Kier molecular flexibility index (Phi) is 5.57. The number of sulfonamides is 1. The molecule has 1 aliphatic heterocycles. The molecule has 3 heterocycles. The Bertz CT molecular complexity index is 1110. The van der Waals surface area contributed by atoms with E-state index in [2.05, 4.69) is 20.1 Å². The number of benzene rings is 1. The molecule has 1 atom stereocenters. The lowest BCUT2D eigenvalue weighted by atomic mass is 9.96. The topological polar surface area (TPSA) is 102 Å². The summed E-state index contributed by atoms with van der Waals surface area (Å²) in [6.07, 6.45) is 6.61. The second-order valence-electron chi connectivity index (χ2n) is 6.75. The Hall–Kier alpha value is -2.43. The maximum Gasteiger partial charge on any atom is 0.243 e. The molecule has 1 saturated heterocycles. The fourth-order valence-electron chi connectivity index (χ4n) is 3.30. The summed E-state index contributed by atoms with van der Waals surface area (Å²) in [6, 6.07) is 3.43. The zero-order chi connectivity index (χ0) is 20.4. The number of aromatic nitrogens is 4. The quantitative estimate of drug-likeness (QED) is 0.604. The van der Waals surface area contributed by atoms with Crippen molar-refractivity contribution in [1.29, 1.82) is 0 Å². The van der Waals surface area contributed by atoms with Crippen molar-refractivity contribution in [2.45, 2.75) is 24.2 Å². The van der Waals surface area contributed by atoms with Gasteiger partial charge in [-0.05, 0) is 37.0 Å². The van der Waals surface area contributed by atoms with Crippen LogP contribution >= 0.6 is 11.6 Å². The fourth-order valence-corrected chi connectivity index (χ4v) is 5.13. The lowest BCUT2D eigenvalue weighted by Crippen LogP contribution is -2.40. The van der Waals surface area contributed by atoms with E-state index in [1.807, 2.05) is 0 Å². The van der Waals surface area contributed by atoms with Gasteiger partial charge in [-0.3, -0.25) is 4.98 Å². The first kappa shape index (κ1) is 19.9. The van der Waals surface area contributed by atoms with E-state index in [4.69, 9.17) is 16.1 Å². The molecule has 29 heavy (non-hydrogen) atoms. The molecule has 152 valence electrons. The van der Waals surface area contributed by atoms with Gasteiger partial charge < -0.3 is 4.52 Å². The molecule has 1 aliphatic rings. The highest BCUT2D eigenvalue weighted by molar-refractivity contribution is 7.89. The molecule has 1 aromatic carbocycles. The second-order valence-corrected chi connectivity index (χ2v) is 9.10. The SMILES string of the molecule is O=S(=O)(c1ccc(F)c(Cl)c1)N1CCC[C@@H](Cc2nc(-c3cnccn3)no2)C1. The first-order valence-electron chi connectivity index (χ1n) is 8.97. The van der Waals surface area contributed by atoms with Crippen LogP contribution in [0.25, 0.3) is 11.5 Å². The van der Waals surface area contributed by atoms with Gasteiger partial charge in [-0.1, -0.05) is 16.8 Å². The van der Waals surface area contributed by atoms with Gasteiger partial charge in [0.2, 0.25) is 21.7 Å². The zero-order valence-electron chi connectivity index (χ0n) is 15.2. The van der Waals surface area contributed by atoms with Crippen LogP contribution in [0.15, 0.2) is 46.2 Å². The molecule has 0 radical (unpaired) electrons. The minimum atomic E-state index is -3.77. The van der Waals surface area contributed by atoms with E-state index in [0.717, 1.165) is 18.6 Å². The largest absolute Gasteiger partial charge is 0.339 e. The molecule has 11 heteroatoms. The van der Waals surface area contributed by atoms with Crippen LogP contribution in [0.1, 0.15) is 18.7 Å². The van der Waals surface area contributed by atoms with E-state index in [0.29, 0.717) is 43.3 Å². The monoisotopic (exact) mass is 437 g/mol. The van der Waals surface area contributed by atoms with E-state index < -0.39 is 15.8 Å². The second kappa shape index (κ2) is 8.13. The Balaban J connectivity index is 1.47. The Morgan fingerprint density at radius 1 is 1.31 bits per heavy atom. The molecule has 0 amide bonds. The van der Waals surface area contributed by atoms with Crippen molar-refractivity contribution in [3.8, 4) is 11.5 Å². The highest BCUT2D eigenvalue weighted by Crippen LogP contribution is 2.28. The van der Waals surface area contributed by atoms with Crippen LogP contribution in [0.3, 0.4) is 0 Å². The minimum Gasteiger partial charge on any atom is -0.339 e. The molecule has 4 rings (SSSR count). The molecule has 0 spiro atoms. The molecule has 3 aromatic rings. The van der Waals surface area contributed by atoms with E-state index >= 15 is 0 Å². The maximum atomic E-state index is 13.4. The maximum absolute atomic E-state index is 13.4. The average Bonchev–Trinajstić information content (AvgIpc) is 3.19. The van der Waals surface area contributed by atoms with Crippen LogP contribution < -0.4 is 0 Å². The van der Waals surface area contributed by atoms with E-state index in [1.54, 1.807) is 6.20 Å². The summed E-state index contributed by atoms with van der Waals surface area (Å²) < 4.78 is 45.9. The lowest BCUT2D eigenvalue weighted by Gasteiger charge is -2.31. The van der Waals surface area contributed by atoms with Gasteiger partial charge in [0.05, 0.1) is 16.1 Å². The van der Waals surface area contributed by atoms with Crippen LogP contribution in [0.4, 0.5) is 4.39 Å². The van der Waals surface area contributed by atoms with Crippen molar-refractivity contribution in [2.75, 3.05) is 13.1 Å². The van der Waals surface area contributed by atoms with Crippen molar-refractivity contribution in [3.05, 3.63) is 53.5 Å². The van der Waals surface area contributed by atoms with Gasteiger partial charge in [-0.2, -0.15) is 9.29 Å². The number of rotatable bonds is 5. The van der Waals surface area contributed by atoms with Gasteiger partial charge in [0.15, 0.2) is 0 Å². The van der Waals surface area contributed by atoms with Gasteiger partial charge >= 0.3 is 0 Å². The minimum absolute atomic E-state index is 0.0182. The highest BCUT2D eigenvalue weighted by Gasteiger charge is 2.31. The van der Waals surface area contributed by atoms with Crippen molar-refractivity contribution in [2.24, 2.45) is 5.92 Å². The summed E-state index contributed by atoms with van der Waals surface area (Å²) >= 11 is 5.75. The smallest absolute Gasteiger partial charge is 0.243 e. The van der Waals surface area contributed by atoms with Crippen LogP contribution in [-0.4, -0.2) is 45.9 Å². The molecule has 2 aromatic heterocycles. The first-order valence-corrected chi connectivity index (χ1v) is 10.8. The predicted molar refractivity (Wildman–Crippen MR) is 102 cm³/mol. The average molecular weight is 438 g/mol. The van der Waals surface area contributed by atoms with Crippen LogP contribution in [-0.2, 0) is 16.4 Å². The summed E-state index contributed by atoms with van der Waals surface area (Å²) in [5, 5.41) is 3.69. The van der Waals surface area contributed by atoms with Crippen LogP contribution in [0.5, 0.6) is 0 Å². The molecule has 0 aliphatic carbocycles. The third-order valence-electron chi connectivity index (χ3n) is 4.73. The highest BCUT2D eigenvalue weighted by atomic mass is 35.5. The van der Waals surface area contributed by atoms with Gasteiger partial charge in [-0.15, -0.1) is 0 Å². The third-order valence-corrected chi connectivity index (χ3v) is 6.89. The predicted octanol–water partition coefficient (Wildman–Crippen LogP) is 2.96. The molecule has 0 bridgehead atoms. The third kappa shape index (κ3) is 4.29. The summed E-state index contributed by atoms with van der Waals surface area (Å²) in [5.74, 6) is 0.121. The van der Waals surface area contributed by atoms with Gasteiger partial charge in [-0.25, -0.2) is 17.8 Å². The molecule has 8 nitrogen and oxygen atoms in total. The Morgan fingerprint density at radius 2 is 2.17 bits per heavy atom. The van der Waals surface area contributed by atoms with Crippen molar-refractivity contribution in [1.82, 2.24) is 24.4 Å². The molecular weight excluding hydrogens is 421 g/mol. The van der Waals surface area contributed by atoms with Crippen molar-refractivity contribution >= 4 is 21.6 Å². The van der Waals surface area contributed by atoms with E-state index in [1.165, 1.54) is 22.8 Å². The van der Waals surface area contributed by atoms with Gasteiger partial charge in [0.1, 0.15) is 11.5 Å². The molecule has 0 saturated carbocycles. The van der Waals surface area contributed by atoms with Crippen LogP contribution in [0.2, 0.25) is 5.02 Å². The summed E-state index contributed by atoms with van der Waals surface area (Å²) in [4.78, 5) is 12.4. The lowest BCUT2D eigenvalue weighted by molar-refractivity contribution is 0.247. The molecule has 0 unspecified atom stereocenters. The zero-order valence-corrected chi connectivity index (χ0v) is 16.8. The number of halogens is 2. The van der Waals surface area contributed by atoms with Crippen molar-refractivity contribution in [3.63, 3.8) is 0 Å². The molecule has 1 fully saturated rings. The normalized spacial score (nSPS) is 18.1. The fraction of sp³-hybridized carbons (Fsp3) is 0.333. The van der Waals surface area contributed by atoms with Crippen LogP contribution in [0, 0.1) is 11.7 Å². The first-order chi connectivity index (χ1) is 13.9. The number of hydrogen-bond acceptors (Lipinski definition) is 7. The number of nitrogens with zero attached hydrogens (tertiary/aromatic N) is 5. The van der Waals surface area contributed by atoms with E-state index in [-0.39, 0.29) is 15.8 Å². The summed E-state index contributed by atoms with van der Waals surface area (Å²) in [5.41, 5.74) is 0.503. The van der Waals surface area contributed by atoms with Gasteiger partial charge in [0.25, 0.3) is 0 Å². The number of piperidine rings is 1. The van der Waals surface area contributed by atoms with Crippen molar-refractivity contribution < 1.29 is 17.3 Å². The standard InChI is InChI=1S/C18H17ClFN5O3S/c19-14-9-13(3-4-15(14)20)29(26,27)25-7-1-2-12(11-25)8-17-23-18(24-28-17)16-10-21-5-6-22-16/h3-6,9-10,12H,1-2,7-8,11H2/t12-/m0/s1. The summed E-state index contributed by atoms with van der Waals surface area (Å²) in [6.45, 7) is 0.697. The Morgan fingerprint density at radius 3 is 2.93 bits per heavy atom.